The van der Waals surface area contributed by atoms with Crippen LogP contribution in [0.25, 0.3) is 10.9 Å². The quantitative estimate of drug-likeness (QED) is 0.781. The Morgan fingerprint density at radius 2 is 2.05 bits per heavy atom. The second-order valence-electron chi connectivity index (χ2n) is 4.43. The first-order valence-corrected chi connectivity index (χ1v) is 6.78. The monoisotopic (exact) mass is 330 g/mol. The molecule has 0 radical (unpaired) electrons. The van der Waals surface area contributed by atoms with Crippen molar-refractivity contribution in [3.63, 3.8) is 0 Å². The molecule has 0 saturated carbocycles. The Bertz CT molecular complexity index is 844. The van der Waals surface area contributed by atoms with E-state index in [1.807, 2.05) is 18.2 Å². The zero-order valence-electron chi connectivity index (χ0n) is 10.5. The number of hydrogen-bond acceptors (Lipinski definition) is 4. The maximum atomic E-state index is 12.4. The summed E-state index contributed by atoms with van der Waals surface area (Å²) in [7, 11) is 0. The molecule has 0 unspecified atom stereocenters. The average molecular weight is 331 g/mol. The Hall–Kier alpha value is -2.21. The van der Waals surface area contributed by atoms with Gasteiger partial charge in [0.25, 0.3) is 5.56 Å². The van der Waals surface area contributed by atoms with Gasteiger partial charge >= 0.3 is 0 Å². The van der Waals surface area contributed by atoms with Gasteiger partial charge in [0.05, 0.1) is 23.8 Å². The summed E-state index contributed by atoms with van der Waals surface area (Å²) >= 11 is 3.37. The Morgan fingerprint density at radius 1 is 1.20 bits per heavy atom. The van der Waals surface area contributed by atoms with E-state index >= 15 is 0 Å². The van der Waals surface area contributed by atoms with Crippen molar-refractivity contribution in [2.45, 2.75) is 6.54 Å². The van der Waals surface area contributed by atoms with Gasteiger partial charge in [-0.3, -0.25) is 9.36 Å². The molecule has 0 fully saturated rings. The fourth-order valence-corrected chi connectivity index (χ4v) is 2.39. The molecule has 0 aliphatic heterocycles. The van der Waals surface area contributed by atoms with Crippen LogP contribution >= 0.6 is 15.9 Å². The third kappa shape index (κ3) is 2.42. The number of pyridine rings is 1. The highest BCUT2D eigenvalue weighted by molar-refractivity contribution is 9.10. The Labute approximate surface area is 123 Å². The van der Waals surface area contributed by atoms with Crippen LogP contribution in [-0.2, 0) is 6.54 Å². The molecule has 2 aromatic heterocycles. The van der Waals surface area contributed by atoms with Crippen molar-refractivity contribution >= 4 is 32.7 Å². The summed E-state index contributed by atoms with van der Waals surface area (Å²) in [6, 6.07) is 9.03. The highest BCUT2D eigenvalue weighted by Gasteiger charge is 2.05. The molecule has 5 nitrogen and oxygen atoms in total. The van der Waals surface area contributed by atoms with E-state index in [9.17, 15) is 4.79 Å². The summed E-state index contributed by atoms with van der Waals surface area (Å²) in [4.78, 5) is 20.7. The first-order chi connectivity index (χ1) is 9.63. The average Bonchev–Trinajstić information content (AvgIpc) is 2.43. The minimum atomic E-state index is -0.0771. The molecule has 3 aromatic rings. The highest BCUT2D eigenvalue weighted by Crippen LogP contribution is 2.15. The number of anilines is 1. The van der Waals surface area contributed by atoms with Crippen LogP contribution in [0.4, 0.5) is 5.82 Å². The van der Waals surface area contributed by atoms with Crippen LogP contribution in [0.5, 0.6) is 0 Å². The number of halogens is 1. The van der Waals surface area contributed by atoms with Gasteiger partial charge in [0, 0.05) is 10.7 Å². The molecule has 3 rings (SSSR count). The molecule has 0 aliphatic carbocycles. The lowest BCUT2D eigenvalue weighted by Gasteiger charge is -2.07. The van der Waals surface area contributed by atoms with E-state index in [0.29, 0.717) is 23.3 Å². The molecular formula is C14H11BrN4O. The third-order valence-electron chi connectivity index (χ3n) is 2.98. The number of nitrogens with two attached hydrogens (primary N) is 1. The van der Waals surface area contributed by atoms with Crippen molar-refractivity contribution in [2.75, 3.05) is 5.73 Å². The molecular weight excluding hydrogens is 320 g/mol. The van der Waals surface area contributed by atoms with E-state index in [-0.39, 0.29) is 5.56 Å². The molecule has 0 spiro atoms. The lowest BCUT2D eigenvalue weighted by atomic mass is 10.2. The van der Waals surface area contributed by atoms with Gasteiger partial charge in [0.2, 0.25) is 0 Å². The molecule has 0 aliphatic rings. The Morgan fingerprint density at radius 3 is 2.85 bits per heavy atom. The lowest BCUT2D eigenvalue weighted by molar-refractivity contribution is 0.747. The second-order valence-corrected chi connectivity index (χ2v) is 5.34. The zero-order valence-corrected chi connectivity index (χ0v) is 12.0. The largest absolute Gasteiger partial charge is 0.384 e. The van der Waals surface area contributed by atoms with E-state index < -0.39 is 0 Å². The maximum Gasteiger partial charge on any atom is 0.261 e. The number of fused-ring (bicyclic) bond motifs is 1. The molecule has 6 heteroatoms. The van der Waals surface area contributed by atoms with Crippen molar-refractivity contribution in [3.8, 4) is 0 Å². The van der Waals surface area contributed by atoms with Gasteiger partial charge in [0.15, 0.2) is 0 Å². The van der Waals surface area contributed by atoms with Gasteiger partial charge in [-0.2, -0.15) is 0 Å². The van der Waals surface area contributed by atoms with Crippen molar-refractivity contribution in [3.05, 3.63) is 63.2 Å². The first-order valence-electron chi connectivity index (χ1n) is 5.98. The fourth-order valence-electron chi connectivity index (χ4n) is 2.03. The van der Waals surface area contributed by atoms with Crippen LogP contribution in [0.15, 0.2) is 52.1 Å². The summed E-state index contributed by atoms with van der Waals surface area (Å²) in [5.74, 6) is 0.437. The summed E-state index contributed by atoms with van der Waals surface area (Å²) in [5.41, 5.74) is 7.16. The SMILES string of the molecule is Nc1cc(Cn2cnc3ccc(Br)cc3c2=O)ccn1. The Balaban J connectivity index is 2.08. The van der Waals surface area contributed by atoms with Crippen LogP contribution in [0.3, 0.4) is 0 Å². The third-order valence-corrected chi connectivity index (χ3v) is 3.48. The second kappa shape index (κ2) is 5.05. The van der Waals surface area contributed by atoms with Gasteiger partial charge in [-0.15, -0.1) is 0 Å². The summed E-state index contributed by atoms with van der Waals surface area (Å²) in [6.45, 7) is 0.418. The van der Waals surface area contributed by atoms with Crippen molar-refractivity contribution < 1.29 is 0 Å². The molecule has 2 N–H and O–H groups in total. The Kier molecular flexibility index (Phi) is 3.23. The standard InChI is InChI=1S/C14H11BrN4O/c15-10-1-2-12-11(6-10)14(20)19(8-18-12)7-9-3-4-17-13(16)5-9/h1-6,8H,7H2,(H2,16,17). The summed E-state index contributed by atoms with van der Waals surface area (Å²) in [5, 5.41) is 0.587. The predicted molar refractivity (Wildman–Crippen MR) is 81.5 cm³/mol. The highest BCUT2D eigenvalue weighted by atomic mass is 79.9. The van der Waals surface area contributed by atoms with E-state index in [1.54, 1.807) is 29.2 Å². The van der Waals surface area contributed by atoms with Gasteiger partial charge in [-0.1, -0.05) is 15.9 Å². The van der Waals surface area contributed by atoms with E-state index in [0.717, 1.165) is 10.0 Å². The number of benzene rings is 1. The van der Waals surface area contributed by atoms with Gasteiger partial charge in [-0.25, -0.2) is 9.97 Å². The first kappa shape index (κ1) is 12.8. The fraction of sp³-hybridized carbons (Fsp3) is 0.0714. The van der Waals surface area contributed by atoms with Crippen LogP contribution in [0, 0.1) is 0 Å². The number of hydrogen-bond donors (Lipinski definition) is 1. The molecule has 0 atom stereocenters. The molecule has 2 heterocycles. The molecule has 20 heavy (non-hydrogen) atoms. The number of rotatable bonds is 2. The van der Waals surface area contributed by atoms with Crippen molar-refractivity contribution in [1.82, 2.24) is 14.5 Å². The minimum Gasteiger partial charge on any atom is -0.384 e. The molecule has 1 aromatic carbocycles. The van der Waals surface area contributed by atoms with Gasteiger partial charge in [-0.05, 0) is 35.9 Å². The summed E-state index contributed by atoms with van der Waals surface area (Å²) < 4.78 is 2.42. The van der Waals surface area contributed by atoms with E-state index in [2.05, 4.69) is 25.9 Å². The van der Waals surface area contributed by atoms with Crippen LogP contribution in [0.1, 0.15) is 5.56 Å². The molecule has 0 amide bonds. The van der Waals surface area contributed by atoms with Crippen molar-refractivity contribution in [1.29, 1.82) is 0 Å². The van der Waals surface area contributed by atoms with Gasteiger partial charge < -0.3 is 5.73 Å². The number of nitrogen functional groups attached to an aromatic ring is 1. The van der Waals surface area contributed by atoms with E-state index in [4.69, 9.17) is 5.73 Å². The maximum absolute atomic E-state index is 12.4. The van der Waals surface area contributed by atoms with Crippen LogP contribution < -0.4 is 11.3 Å². The van der Waals surface area contributed by atoms with Crippen LogP contribution in [0.2, 0.25) is 0 Å². The molecule has 100 valence electrons. The van der Waals surface area contributed by atoms with Gasteiger partial charge in [0.1, 0.15) is 5.82 Å². The summed E-state index contributed by atoms with van der Waals surface area (Å²) in [6.07, 6.45) is 3.18. The zero-order chi connectivity index (χ0) is 14.1. The number of aromatic nitrogens is 3. The van der Waals surface area contributed by atoms with Crippen molar-refractivity contribution in [2.24, 2.45) is 0 Å². The molecule has 0 bridgehead atoms. The predicted octanol–water partition coefficient (Wildman–Crippen LogP) is 2.18. The topological polar surface area (TPSA) is 73.8 Å². The smallest absolute Gasteiger partial charge is 0.261 e. The van der Waals surface area contributed by atoms with E-state index in [1.165, 1.54) is 0 Å². The minimum absolute atomic E-state index is 0.0771. The molecule has 0 saturated heterocycles. The van der Waals surface area contributed by atoms with Crippen LogP contribution in [-0.4, -0.2) is 14.5 Å². The normalized spacial score (nSPS) is 10.8. The lowest BCUT2D eigenvalue weighted by Crippen LogP contribution is -2.21. The number of nitrogens with zero attached hydrogens (tertiary/aromatic N) is 3.